The van der Waals surface area contributed by atoms with Crippen molar-refractivity contribution in [3.05, 3.63) is 16.1 Å². The molecule has 2 rings (SSSR count). The van der Waals surface area contributed by atoms with E-state index in [2.05, 4.69) is 38.1 Å². The molecule has 1 fully saturated rings. The molecule has 0 unspecified atom stereocenters. The Morgan fingerprint density at radius 2 is 2.12 bits per heavy atom. The highest BCUT2D eigenvalue weighted by atomic mass is 32.1. The highest BCUT2D eigenvalue weighted by Crippen LogP contribution is 2.40. The third kappa shape index (κ3) is 2.46. The molecule has 1 heterocycles. The number of hydrogen-bond donors (Lipinski definition) is 1. The number of rotatable bonds is 2. The van der Waals surface area contributed by atoms with E-state index < -0.39 is 5.60 Å². The van der Waals surface area contributed by atoms with Gasteiger partial charge < -0.3 is 5.11 Å². The Morgan fingerprint density at radius 1 is 1.50 bits per heavy atom. The zero-order chi connectivity index (χ0) is 12.0. The number of aliphatic hydroxyl groups is 1. The minimum atomic E-state index is -0.466. The molecule has 90 valence electrons. The Balaban J connectivity index is 2.04. The van der Waals surface area contributed by atoms with Gasteiger partial charge in [-0.2, -0.15) is 0 Å². The van der Waals surface area contributed by atoms with Gasteiger partial charge in [0.1, 0.15) is 0 Å². The van der Waals surface area contributed by atoms with E-state index in [0.29, 0.717) is 5.92 Å². The second kappa shape index (κ2) is 3.81. The lowest BCUT2D eigenvalue weighted by atomic mass is 9.70. The summed E-state index contributed by atoms with van der Waals surface area (Å²) in [5.74, 6) is 0.673. The molecule has 0 bridgehead atoms. The maximum atomic E-state index is 10.2. The largest absolute Gasteiger partial charge is 0.389 e. The predicted molar refractivity (Wildman–Crippen MR) is 67.9 cm³/mol. The van der Waals surface area contributed by atoms with Crippen LogP contribution in [0.5, 0.6) is 0 Å². The molecule has 1 aliphatic carbocycles. The molecule has 2 nitrogen and oxygen atoms in total. The van der Waals surface area contributed by atoms with Gasteiger partial charge in [0.25, 0.3) is 0 Å². The van der Waals surface area contributed by atoms with Crippen molar-refractivity contribution < 1.29 is 5.11 Å². The quantitative estimate of drug-likeness (QED) is 0.860. The second-order valence-corrected chi connectivity index (χ2v) is 7.23. The molecule has 1 N–H and O–H groups in total. The van der Waals surface area contributed by atoms with Crippen LogP contribution in [-0.2, 0) is 11.8 Å². The van der Waals surface area contributed by atoms with E-state index in [0.717, 1.165) is 30.0 Å². The maximum absolute atomic E-state index is 10.2. The molecule has 1 saturated carbocycles. The summed E-state index contributed by atoms with van der Waals surface area (Å²) >= 11 is 1.68. The number of aromatic nitrogens is 1. The lowest BCUT2D eigenvalue weighted by Crippen LogP contribution is -2.44. The fourth-order valence-corrected chi connectivity index (χ4v) is 3.56. The van der Waals surface area contributed by atoms with Crippen LogP contribution in [-0.4, -0.2) is 15.7 Å². The molecule has 3 heteroatoms. The fraction of sp³-hybridized carbons (Fsp3) is 0.769. The van der Waals surface area contributed by atoms with Crippen LogP contribution < -0.4 is 0 Å². The standard InChI is InChI=1S/C13H21NOS/c1-9-5-13(15,6-9)7-11-14-10(8-16-11)12(2,3)4/h8-9,15H,5-7H2,1-4H3. The van der Waals surface area contributed by atoms with Crippen LogP contribution in [0.4, 0.5) is 0 Å². The molecule has 0 aromatic carbocycles. The van der Waals surface area contributed by atoms with Gasteiger partial charge in [0.15, 0.2) is 0 Å². The molecule has 1 aliphatic rings. The third-order valence-electron chi connectivity index (χ3n) is 3.26. The van der Waals surface area contributed by atoms with Gasteiger partial charge in [-0.05, 0) is 18.8 Å². The predicted octanol–water partition coefficient (Wildman–Crippen LogP) is 3.14. The van der Waals surface area contributed by atoms with Crippen LogP contribution in [0.3, 0.4) is 0 Å². The molecule has 0 atom stereocenters. The highest BCUT2D eigenvalue weighted by Gasteiger charge is 2.40. The summed E-state index contributed by atoms with van der Waals surface area (Å²) < 4.78 is 0. The summed E-state index contributed by atoms with van der Waals surface area (Å²) in [6.07, 6.45) is 2.59. The molecule has 1 aromatic rings. The van der Waals surface area contributed by atoms with Gasteiger partial charge in [0, 0.05) is 17.2 Å². The van der Waals surface area contributed by atoms with Crippen molar-refractivity contribution >= 4 is 11.3 Å². The Kier molecular flexibility index (Phi) is 2.87. The van der Waals surface area contributed by atoms with Crippen LogP contribution >= 0.6 is 11.3 Å². The first-order chi connectivity index (χ1) is 7.28. The maximum Gasteiger partial charge on any atom is 0.0957 e. The van der Waals surface area contributed by atoms with Crippen molar-refractivity contribution in [2.45, 2.75) is 58.0 Å². The molecule has 0 saturated heterocycles. The molecular weight excluding hydrogens is 218 g/mol. The summed E-state index contributed by atoms with van der Waals surface area (Å²) in [4.78, 5) is 4.63. The third-order valence-corrected chi connectivity index (χ3v) is 4.11. The Bertz CT molecular complexity index is 372. The van der Waals surface area contributed by atoms with E-state index in [4.69, 9.17) is 0 Å². The molecule has 1 aromatic heterocycles. The molecule has 0 radical (unpaired) electrons. The van der Waals surface area contributed by atoms with E-state index >= 15 is 0 Å². The first kappa shape index (κ1) is 12.1. The molecule has 0 aliphatic heterocycles. The minimum absolute atomic E-state index is 0.115. The van der Waals surface area contributed by atoms with Crippen molar-refractivity contribution in [3.63, 3.8) is 0 Å². The zero-order valence-corrected chi connectivity index (χ0v) is 11.4. The van der Waals surface area contributed by atoms with Crippen molar-refractivity contribution in [3.8, 4) is 0 Å². The van der Waals surface area contributed by atoms with Gasteiger partial charge >= 0.3 is 0 Å². The monoisotopic (exact) mass is 239 g/mol. The van der Waals surface area contributed by atoms with Crippen LogP contribution in [0, 0.1) is 5.92 Å². The van der Waals surface area contributed by atoms with Gasteiger partial charge in [0.05, 0.1) is 16.3 Å². The lowest BCUT2D eigenvalue weighted by Gasteiger charge is -2.41. The van der Waals surface area contributed by atoms with E-state index in [-0.39, 0.29) is 5.41 Å². The lowest BCUT2D eigenvalue weighted by molar-refractivity contribution is -0.0666. The van der Waals surface area contributed by atoms with E-state index in [1.165, 1.54) is 0 Å². The topological polar surface area (TPSA) is 33.1 Å². The van der Waals surface area contributed by atoms with Crippen LogP contribution in [0.1, 0.15) is 51.2 Å². The molecule has 16 heavy (non-hydrogen) atoms. The van der Waals surface area contributed by atoms with Crippen molar-refractivity contribution in [1.29, 1.82) is 0 Å². The van der Waals surface area contributed by atoms with E-state index in [9.17, 15) is 5.11 Å². The number of hydrogen-bond acceptors (Lipinski definition) is 3. The summed E-state index contributed by atoms with van der Waals surface area (Å²) in [5, 5.41) is 13.4. The molecule has 0 amide bonds. The number of nitrogens with zero attached hydrogens (tertiary/aromatic N) is 1. The van der Waals surface area contributed by atoms with Crippen molar-refractivity contribution in [2.24, 2.45) is 5.92 Å². The minimum Gasteiger partial charge on any atom is -0.389 e. The normalized spacial score (nSPS) is 30.2. The smallest absolute Gasteiger partial charge is 0.0957 e. The first-order valence-electron chi connectivity index (χ1n) is 5.96. The summed E-state index contributed by atoms with van der Waals surface area (Å²) in [6, 6.07) is 0. The average Bonchev–Trinajstić information content (AvgIpc) is 2.48. The Hall–Kier alpha value is -0.410. The Morgan fingerprint density at radius 3 is 2.56 bits per heavy atom. The molecule has 0 spiro atoms. The van der Waals surface area contributed by atoms with Crippen molar-refractivity contribution in [1.82, 2.24) is 4.98 Å². The fourth-order valence-electron chi connectivity index (χ4n) is 2.40. The van der Waals surface area contributed by atoms with E-state index in [1.807, 2.05) is 0 Å². The van der Waals surface area contributed by atoms with Gasteiger partial charge in [-0.15, -0.1) is 11.3 Å². The van der Waals surface area contributed by atoms with Crippen LogP contribution in [0.2, 0.25) is 0 Å². The summed E-state index contributed by atoms with van der Waals surface area (Å²) in [7, 11) is 0. The summed E-state index contributed by atoms with van der Waals surface area (Å²) in [5.41, 5.74) is 0.792. The zero-order valence-electron chi connectivity index (χ0n) is 10.6. The van der Waals surface area contributed by atoms with Gasteiger partial charge in [-0.25, -0.2) is 4.98 Å². The van der Waals surface area contributed by atoms with Crippen molar-refractivity contribution in [2.75, 3.05) is 0 Å². The SMILES string of the molecule is CC1CC(O)(Cc2nc(C(C)(C)C)cs2)C1. The van der Waals surface area contributed by atoms with Gasteiger partial charge in [0.2, 0.25) is 0 Å². The Labute approximate surface area is 102 Å². The highest BCUT2D eigenvalue weighted by molar-refractivity contribution is 7.09. The average molecular weight is 239 g/mol. The van der Waals surface area contributed by atoms with Gasteiger partial charge in [-0.1, -0.05) is 27.7 Å². The summed E-state index contributed by atoms with van der Waals surface area (Å²) in [6.45, 7) is 8.71. The second-order valence-electron chi connectivity index (χ2n) is 6.29. The number of thiazole rings is 1. The first-order valence-corrected chi connectivity index (χ1v) is 6.84. The van der Waals surface area contributed by atoms with E-state index in [1.54, 1.807) is 11.3 Å². The molecular formula is C13H21NOS. The van der Waals surface area contributed by atoms with Crippen LogP contribution in [0.15, 0.2) is 5.38 Å². The van der Waals surface area contributed by atoms with Gasteiger partial charge in [-0.3, -0.25) is 0 Å². The van der Waals surface area contributed by atoms with Crippen LogP contribution in [0.25, 0.3) is 0 Å².